The van der Waals surface area contributed by atoms with E-state index >= 15 is 0 Å². The van der Waals surface area contributed by atoms with Crippen LogP contribution in [0.3, 0.4) is 0 Å². The molecule has 13 heavy (non-hydrogen) atoms. The molecule has 1 aliphatic heterocycles. The molecule has 1 amide bonds. The molecular weight excluding hydrogens is 188 g/mol. The number of rotatable bonds is 2. The molecule has 1 heterocycles. The summed E-state index contributed by atoms with van der Waals surface area (Å²) in [6.45, 7) is 3.09. The molecule has 0 aromatic heterocycles. The maximum absolute atomic E-state index is 11.5. The van der Waals surface area contributed by atoms with Crippen molar-refractivity contribution in [3.05, 3.63) is 0 Å². The molecule has 5 heteroatoms. The second-order valence-corrected chi connectivity index (χ2v) is 4.88. The van der Waals surface area contributed by atoms with E-state index in [1.807, 2.05) is 6.92 Å². The summed E-state index contributed by atoms with van der Waals surface area (Å²) in [6.07, 6.45) is 0.665. The van der Waals surface area contributed by atoms with Crippen molar-refractivity contribution in [1.82, 2.24) is 4.90 Å². The highest BCUT2D eigenvalue weighted by molar-refractivity contribution is 7.85. The Balaban J connectivity index is 2.44. The lowest BCUT2D eigenvalue weighted by Crippen LogP contribution is -2.48. The van der Waals surface area contributed by atoms with E-state index in [4.69, 9.17) is 5.73 Å². The average molecular weight is 204 g/mol. The van der Waals surface area contributed by atoms with Crippen molar-refractivity contribution in [3.8, 4) is 0 Å². The van der Waals surface area contributed by atoms with Gasteiger partial charge >= 0.3 is 0 Å². The zero-order valence-corrected chi connectivity index (χ0v) is 8.68. The molecule has 0 saturated carbocycles. The maximum atomic E-state index is 11.5. The van der Waals surface area contributed by atoms with Gasteiger partial charge in [0.2, 0.25) is 5.91 Å². The first-order chi connectivity index (χ1) is 6.15. The lowest BCUT2D eigenvalue weighted by molar-refractivity contribution is -0.132. The molecular formula is C8H16N2O2S. The predicted octanol–water partition coefficient (Wildman–Crippen LogP) is -0.685. The number of nitrogens with zero attached hydrogens (tertiary/aromatic N) is 1. The van der Waals surface area contributed by atoms with Crippen LogP contribution in [-0.4, -0.2) is 45.7 Å². The standard InChI is InChI=1S/C8H16N2O2S/c1-2-7(9)8(11)10-3-5-13(12)6-4-10/h7H,2-6,9H2,1H3/t7-/m1/s1. The van der Waals surface area contributed by atoms with Gasteiger partial charge in [0.1, 0.15) is 0 Å². The number of nitrogens with two attached hydrogens (primary N) is 1. The van der Waals surface area contributed by atoms with Gasteiger partial charge in [-0.05, 0) is 6.42 Å². The molecule has 0 aromatic rings. The Labute approximate surface area is 80.9 Å². The molecule has 1 aliphatic rings. The van der Waals surface area contributed by atoms with E-state index in [-0.39, 0.29) is 11.9 Å². The molecule has 1 fully saturated rings. The summed E-state index contributed by atoms with van der Waals surface area (Å²) in [5.74, 6) is 1.20. The van der Waals surface area contributed by atoms with Gasteiger partial charge in [0.05, 0.1) is 6.04 Å². The van der Waals surface area contributed by atoms with Gasteiger partial charge in [-0.25, -0.2) is 0 Å². The van der Waals surface area contributed by atoms with Crippen molar-refractivity contribution in [1.29, 1.82) is 0 Å². The van der Waals surface area contributed by atoms with E-state index < -0.39 is 10.8 Å². The van der Waals surface area contributed by atoms with Crippen LogP contribution < -0.4 is 5.73 Å². The molecule has 4 nitrogen and oxygen atoms in total. The van der Waals surface area contributed by atoms with Crippen molar-refractivity contribution >= 4 is 16.7 Å². The van der Waals surface area contributed by atoms with Crippen LogP contribution in [-0.2, 0) is 15.6 Å². The highest BCUT2D eigenvalue weighted by Crippen LogP contribution is 2.03. The molecule has 0 spiro atoms. The molecule has 76 valence electrons. The summed E-state index contributed by atoms with van der Waals surface area (Å²) in [5.41, 5.74) is 5.61. The summed E-state index contributed by atoms with van der Waals surface area (Å²) in [4.78, 5) is 13.3. The molecule has 0 radical (unpaired) electrons. The van der Waals surface area contributed by atoms with Gasteiger partial charge in [-0.3, -0.25) is 9.00 Å². The normalized spacial score (nSPS) is 21.5. The van der Waals surface area contributed by atoms with Crippen LogP contribution >= 0.6 is 0 Å². The van der Waals surface area contributed by atoms with Crippen LogP contribution in [0.15, 0.2) is 0 Å². The van der Waals surface area contributed by atoms with E-state index in [2.05, 4.69) is 0 Å². The quantitative estimate of drug-likeness (QED) is 0.648. The van der Waals surface area contributed by atoms with Crippen LogP contribution in [0.1, 0.15) is 13.3 Å². The Kier molecular flexibility index (Phi) is 3.87. The third kappa shape index (κ3) is 2.77. The van der Waals surface area contributed by atoms with E-state index in [0.29, 0.717) is 31.0 Å². The van der Waals surface area contributed by atoms with Crippen molar-refractivity contribution in [2.75, 3.05) is 24.6 Å². The number of carbonyl (C=O) groups excluding carboxylic acids is 1. The highest BCUT2D eigenvalue weighted by atomic mass is 32.2. The van der Waals surface area contributed by atoms with Gasteiger partial charge < -0.3 is 10.6 Å². The van der Waals surface area contributed by atoms with Gasteiger partial charge in [-0.1, -0.05) is 6.92 Å². The average Bonchev–Trinajstić information content (AvgIpc) is 2.17. The van der Waals surface area contributed by atoms with Crippen LogP contribution in [0.25, 0.3) is 0 Å². The number of hydrogen-bond donors (Lipinski definition) is 1. The Morgan fingerprint density at radius 1 is 1.54 bits per heavy atom. The zero-order chi connectivity index (χ0) is 9.84. The largest absolute Gasteiger partial charge is 0.340 e. The van der Waals surface area contributed by atoms with Gasteiger partial charge in [0, 0.05) is 35.4 Å². The van der Waals surface area contributed by atoms with Crippen LogP contribution in [0.2, 0.25) is 0 Å². The lowest BCUT2D eigenvalue weighted by Gasteiger charge is -2.28. The molecule has 0 aliphatic carbocycles. The Morgan fingerprint density at radius 2 is 2.08 bits per heavy atom. The van der Waals surface area contributed by atoms with Gasteiger partial charge in [-0.15, -0.1) is 0 Å². The van der Waals surface area contributed by atoms with Crippen LogP contribution in [0, 0.1) is 0 Å². The molecule has 0 bridgehead atoms. The predicted molar refractivity (Wildman–Crippen MR) is 52.7 cm³/mol. The minimum atomic E-state index is -0.727. The fourth-order valence-corrected chi connectivity index (χ4v) is 2.32. The second kappa shape index (κ2) is 4.72. The fraction of sp³-hybridized carbons (Fsp3) is 0.875. The monoisotopic (exact) mass is 204 g/mol. The van der Waals surface area contributed by atoms with Crippen LogP contribution in [0.5, 0.6) is 0 Å². The van der Waals surface area contributed by atoms with Gasteiger partial charge in [0.15, 0.2) is 0 Å². The van der Waals surface area contributed by atoms with E-state index in [0.717, 1.165) is 0 Å². The first kappa shape index (κ1) is 10.7. The minimum absolute atomic E-state index is 0.000741. The van der Waals surface area contributed by atoms with Gasteiger partial charge in [0.25, 0.3) is 0 Å². The van der Waals surface area contributed by atoms with E-state index in [1.54, 1.807) is 4.90 Å². The molecule has 1 atom stereocenters. The summed E-state index contributed by atoms with van der Waals surface area (Å²) in [5, 5.41) is 0. The minimum Gasteiger partial charge on any atom is -0.340 e. The lowest BCUT2D eigenvalue weighted by atomic mass is 10.2. The third-order valence-corrected chi connectivity index (χ3v) is 3.52. The van der Waals surface area contributed by atoms with Crippen LogP contribution in [0.4, 0.5) is 0 Å². The van der Waals surface area contributed by atoms with Crippen molar-refractivity contribution < 1.29 is 9.00 Å². The maximum Gasteiger partial charge on any atom is 0.239 e. The summed E-state index contributed by atoms with van der Waals surface area (Å²) < 4.78 is 11.0. The second-order valence-electron chi connectivity index (χ2n) is 3.19. The topological polar surface area (TPSA) is 63.4 Å². The molecule has 0 aromatic carbocycles. The smallest absolute Gasteiger partial charge is 0.239 e. The van der Waals surface area contributed by atoms with Crippen molar-refractivity contribution in [2.24, 2.45) is 5.73 Å². The molecule has 0 unspecified atom stereocenters. The number of hydrogen-bond acceptors (Lipinski definition) is 3. The van der Waals surface area contributed by atoms with Gasteiger partial charge in [-0.2, -0.15) is 0 Å². The Bertz CT molecular complexity index is 210. The third-order valence-electron chi connectivity index (χ3n) is 2.25. The SMILES string of the molecule is CC[C@@H](N)C(=O)N1CCS(=O)CC1. The number of carbonyl (C=O) groups is 1. The Hall–Kier alpha value is -0.420. The van der Waals surface area contributed by atoms with Crippen molar-refractivity contribution in [3.63, 3.8) is 0 Å². The molecule has 1 saturated heterocycles. The van der Waals surface area contributed by atoms with Crippen molar-refractivity contribution in [2.45, 2.75) is 19.4 Å². The molecule has 2 N–H and O–H groups in total. The highest BCUT2D eigenvalue weighted by Gasteiger charge is 2.23. The van der Waals surface area contributed by atoms with E-state index in [1.165, 1.54) is 0 Å². The number of amides is 1. The summed E-state index contributed by atoms with van der Waals surface area (Å²) in [7, 11) is -0.727. The van der Waals surface area contributed by atoms with E-state index in [9.17, 15) is 9.00 Å². The first-order valence-corrected chi connectivity index (χ1v) is 6.03. The fourth-order valence-electron chi connectivity index (χ4n) is 1.27. The summed E-state index contributed by atoms with van der Waals surface area (Å²) >= 11 is 0. The Morgan fingerprint density at radius 3 is 2.54 bits per heavy atom. The molecule has 1 rings (SSSR count). The zero-order valence-electron chi connectivity index (χ0n) is 7.86. The summed E-state index contributed by atoms with van der Waals surface area (Å²) in [6, 6.07) is -0.383. The first-order valence-electron chi connectivity index (χ1n) is 4.54.